The lowest BCUT2D eigenvalue weighted by Crippen LogP contribution is -2.29. The zero-order valence-electron chi connectivity index (χ0n) is 9.73. The predicted molar refractivity (Wildman–Crippen MR) is 64.0 cm³/mol. The van der Waals surface area contributed by atoms with Gasteiger partial charge < -0.3 is 14.3 Å². The van der Waals surface area contributed by atoms with Gasteiger partial charge in [0, 0.05) is 17.0 Å². The van der Waals surface area contributed by atoms with Crippen LogP contribution in [0.15, 0.2) is 12.1 Å². The van der Waals surface area contributed by atoms with Crippen molar-refractivity contribution in [2.45, 2.75) is 6.04 Å². The molecular weight excluding hydrogens is 258 g/mol. The van der Waals surface area contributed by atoms with Crippen molar-refractivity contribution in [1.82, 2.24) is 5.48 Å². The average Bonchev–Trinajstić information content (AvgIpc) is 2.85. The van der Waals surface area contributed by atoms with E-state index in [1.54, 1.807) is 19.2 Å². The van der Waals surface area contributed by atoms with Gasteiger partial charge >= 0.3 is 0 Å². The fourth-order valence-electron chi connectivity index (χ4n) is 2.44. The summed E-state index contributed by atoms with van der Waals surface area (Å²) < 4.78 is 10.9. The molecule has 0 aromatic heterocycles. The first-order chi connectivity index (χ1) is 8.72. The molecule has 2 atom stereocenters. The molecule has 1 N–H and O–H groups in total. The topological polar surface area (TPSA) is 56.8 Å². The number of benzene rings is 1. The van der Waals surface area contributed by atoms with Gasteiger partial charge in [-0.25, -0.2) is 0 Å². The van der Waals surface area contributed by atoms with Gasteiger partial charge in [0.15, 0.2) is 11.5 Å². The van der Waals surface area contributed by atoms with Gasteiger partial charge in [0.25, 0.3) is 5.24 Å². The van der Waals surface area contributed by atoms with Crippen LogP contribution in [0.2, 0.25) is 0 Å². The van der Waals surface area contributed by atoms with Gasteiger partial charge in [-0.3, -0.25) is 4.79 Å². The van der Waals surface area contributed by atoms with Crippen molar-refractivity contribution in [2.24, 2.45) is 5.92 Å². The van der Waals surface area contributed by atoms with Gasteiger partial charge in [-0.1, -0.05) is 0 Å². The highest BCUT2D eigenvalue weighted by Gasteiger charge is 2.39. The van der Waals surface area contributed by atoms with Crippen LogP contribution in [0.1, 0.15) is 22.0 Å². The number of hydroxylamine groups is 1. The minimum Gasteiger partial charge on any atom is -0.493 e. The van der Waals surface area contributed by atoms with Crippen LogP contribution >= 0.6 is 11.6 Å². The molecule has 2 unspecified atom stereocenters. The number of hydrogen-bond donors (Lipinski definition) is 1. The van der Waals surface area contributed by atoms with Crippen LogP contribution in [0.5, 0.6) is 11.5 Å². The summed E-state index contributed by atoms with van der Waals surface area (Å²) in [6.07, 6.45) is 0. The van der Waals surface area contributed by atoms with Crippen LogP contribution in [-0.4, -0.2) is 25.6 Å². The average molecular weight is 270 g/mol. The Labute approximate surface area is 109 Å². The van der Waals surface area contributed by atoms with Crippen molar-refractivity contribution in [3.8, 4) is 11.5 Å². The summed E-state index contributed by atoms with van der Waals surface area (Å²) in [6, 6.07) is 3.25. The molecule has 1 fully saturated rings. The molecule has 0 radical (unpaired) electrons. The second-order valence-corrected chi connectivity index (χ2v) is 4.65. The van der Waals surface area contributed by atoms with Gasteiger partial charge in [-0.05, 0) is 23.7 Å². The van der Waals surface area contributed by atoms with E-state index in [2.05, 4.69) is 5.48 Å². The lowest BCUT2D eigenvalue weighted by atomic mass is 9.89. The van der Waals surface area contributed by atoms with Crippen molar-refractivity contribution in [3.05, 3.63) is 23.3 Å². The Balaban J connectivity index is 2.18. The quantitative estimate of drug-likeness (QED) is 0.828. The van der Waals surface area contributed by atoms with Crippen LogP contribution in [0.25, 0.3) is 0 Å². The molecule has 1 aromatic carbocycles. The molecule has 0 spiro atoms. The van der Waals surface area contributed by atoms with E-state index in [0.29, 0.717) is 30.3 Å². The van der Waals surface area contributed by atoms with Crippen LogP contribution < -0.4 is 15.0 Å². The Morgan fingerprint density at radius 2 is 2.33 bits per heavy atom. The lowest BCUT2D eigenvalue weighted by Gasteiger charge is -2.29. The fourth-order valence-corrected chi connectivity index (χ4v) is 2.60. The molecular formula is C12H12ClNO4. The van der Waals surface area contributed by atoms with Gasteiger partial charge in [0.1, 0.15) is 0 Å². The van der Waals surface area contributed by atoms with Crippen molar-refractivity contribution in [2.75, 3.05) is 20.3 Å². The van der Waals surface area contributed by atoms with Crippen LogP contribution in [-0.2, 0) is 4.84 Å². The monoisotopic (exact) mass is 269 g/mol. The summed E-state index contributed by atoms with van der Waals surface area (Å²) in [5.41, 5.74) is 4.07. The van der Waals surface area contributed by atoms with Gasteiger partial charge in [0.2, 0.25) is 0 Å². The molecule has 5 nitrogen and oxygen atoms in total. The molecule has 0 bridgehead atoms. The highest BCUT2D eigenvalue weighted by molar-refractivity contribution is 6.68. The summed E-state index contributed by atoms with van der Waals surface area (Å²) in [5, 5.41) is -0.508. The van der Waals surface area contributed by atoms with E-state index in [-0.39, 0.29) is 12.0 Å². The number of ether oxygens (including phenoxy) is 2. The maximum absolute atomic E-state index is 11.5. The van der Waals surface area contributed by atoms with Gasteiger partial charge in [-0.2, -0.15) is 5.48 Å². The minimum atomic E-state index is -0.508. The van der Waals surface area contributed by atoms with E-state index in [4.69, 9.17) is 25.9 Å². The zero-order chi connectivity index (χ0) is 12.7. The van der Waals surface area contributed by atoms with Crippen molar-refractivity contribution in [3.63, 3.8) is 0 Å². The number of nitrogens with one attached hydrogen (secondary N) is 1. The highest BCUT2D eigenvalue weighted by Crippen LogP contribution is 2.45. The summed E-state index contributed by atoms with van der Waals surface area (Å²) in [7, 11) is 1.56. The van der Waals surface area contributed by atoms with Crippen LogP contribution in [0.3, 0.4) is 0 Å². The second kappa shape index (κ2) is 4.42. The number of fused-ring (bicyclic) bond motifs is 3. The Kier molecular flexibility index (Phi) is 2.89. The number of halogens is 1. The van der Waals surface area contributed by atoms with Crippen molar-refractivity contribution in [1.29, 1.82) is 0 Å². The molecule has 2 heterocycles. The van der Waals surface area contributed by atoms with Crippen molar-refractivity contribution < 1.29 is 19.1 Å². The number of rotatable bonds is 2. The third-order valence-electron chi connectivity index (χ3n) is 3.32. The first-order valence-electron chi connectivity index (χ1n) is 5.63. The first-order valence-corrected chi connectivity index (χ1v) is 6.01. The summed E-state index contributed by atoms with van der Waals surface area (Å²) in [5.74, 6) is 1.35. The Bertz CT molecular complexity index is 505. The molecule has 0 saturated carbocycles. The Morgan fingerprint density at radius 1 is 1.50 bits per heavy atom. The third-order valence-corrected chi connectivity index (χ3v) is 3.53. The third kappa shape index (κ3) is 1.67. The molecule has 1 saturated heterocycles. The number of carbonyl (C=O) groups excluding carboxylic acids is 1. The maximum Gasteiger partial charge on any atom is 0.252 e. The van der Waals surface area contributed by atoms with Gasteiger partial charge in [-0.15, -0.1) is 0 Å². The largest absolute Gasteiger partial charge is 0.493 e. The van der Waals surface area contributed by atoms with E-state index in [9.17, 15) is 4.79 Å². The van der Waals surface area contributed by atoms with E-state index in [0.717, 1.165) is 5.56 Å². The van der Waals surface area contributed by atoms with Crippen LogP contribution in [0, 0.1) is 5.92 Å². The number of methoxy groups -OCH3 is 1. The minimum absolute atomic E-state index is 0.0819. The summed E-state index contributed by atoms with van der Waals surface area (Å²) in [6.45, 7) is 1.08. The Morgan fingerprint density at radius 3 is 3.06 bits per heavy atom. The summed E-state index contributed by atoms with van der Waals surface area (Å²) in [4.78, 5) is 16.7. The first kappa shape index (κ1) is 11.8. The van der Waals surface area contributed by atoms with E-state index < -0.39 is 5.24 Å². The maximum atomic E-state index is 11.5. The predicted octanol–water partition coefficient (Wildman–Crippen LogP) is 1.66. The van der Waals surface area contributed by atoms with Gasteiger partial charge in [0.05, 0.1) is 26.4 Å². The fraction of sp³-hybridized carbons (Fsp3) is 0.417. The molecule has 2 aliphatic heterocycles. The standard InChI is InChI=1S/C12H12ClNO4/c1-16-8-3-2-7(12(13)15)9-10-6(5-18-14-10)4-17-11(8)9/h2-3,6,10,14H,4-5H2,1H3. The molecule has 18 heavy (non-hydrogen) atoms. The molecule has 2 aliphatic rings. The molecule has 96 valence electrons. The smallest absolute Gasteiger partial charge is 0.252 e. The van der Waals surface area contributed by atoms with E-state index >= 15 is 0 Å². The molecule has 6 heteroatoms. The van der Waals surface area contributed by atoms with Crippen LogP contribution in [0.4, 0.5) is 0 Å². The molecule has 3 rings (SSSR count). The molecule has 1 aromatic rings. The lowest BCUT2D eigenvalue weighted by molar-refractivity contribution is 0.0860. The Hall–Kier alpha value is -1.30. The van der Waals surface area contributed by atoms with E-state index in [1.165, 1.54) is 0 Å². The number of hydrogen-bond acceptors (Lipinski definition) is 5. The SMILES string of the molecule is COc1ccc(C(=O)Cl)c2c1OCC1CONC21. The van der Waals surface area contributed by atoms with E-state index in [1.807, 2.05) is 0 Å². The molecule has 0 aliphatic carbocycles. The normalized spacial score (nSPS) is 25.0. The zero-order valence-corrected chi connectivity index (χ0v) is 10.5. The van der Waals surface area contributed by atoms with Crippen molar-refractivity contribution >= 4 is 16.8 Å². The molecule has 0 amide bonds. The summed E-state index contributed by atoms with van der Waals surface area (Å²) >= 11 is 5.62. The highest BCUT2D eigenvalue weighted by atomic mass is 35.5. The second-order valence-electron chi connectivity index (χ2n) is 4.31. The number of carbonyl (C=O) groups is 1.